The van der Waals surface area contributed by atoms with Gasteiger partial charge >= 0.3 is 0 Å². The summed E-state index contributed by atoms with van der Waals surface area (Å²) < 4.78 is 13.1. The average molecular weight is 523 g/mol. The molecule has 2 aromatic heterocycles. The number of amides is 3. The Morgan fingerprint density at radius 1 is 1.21 bits per heavy atom. The first-order chi connectivity index (χ1) is 18.3. The molecule has 0 fully saturated rings. The summed E-state index contributed by atoms with van der Waals surface area (Å²) in [6.07, 6.45) is 5.73. The molecule has 1 atom stereocenters. The second-order valence-corrected chi connectivity index (χ2v) is 9.70. The fraction of sp³-hybridized carbons (Fsp3) is 0.444. The number of nitrogens with one attached hydrogen (secondary N) is 2. The Labute approximate surface area is 221 Å². The molecule has 4 rings (SSSR count). The maximum Gasteiger partial charge on any atom is 0.276 e. The second-order valence-electron chi connectivity index (χ2n) is 9.70. The Kier molecular flexibility index (Phi) is 8.77. The normalized spacial score (nSPS) is 17.6. The predicted molar refractivity (Wildman–Crippen MR) is 139 cm³/mol. The number of fused-ring (bicyclic) bond motifs is 4. The highest BCUT2D eigenvalue weighted by Crippen LogP contribution is 2.23. The van der Waals surface area contributed by atoms with Gasteiger partial charge in [0.25, 0.3) is 5.91 Å². The number of carbonyl (C=O) groups excluding carboxylic acids is 3. The Hall–Kier alpha value is -4.15. The van der Waals surface area contributed by atoms with Crippen LogP contribution in [-0.2, 0) is 16.1 Å². The van der Waals surface area contributed by atoms with Crippen molar-refractivity contribution in [3.63, 3.8) is 0 Å². The molecule has 0 spiro atoms. The van der Waals surface area contributed by atoms with Gasteiger partial charge in [-0.15, -0.1) is 0 Å². The van der Waals surface area contributed by atoms with E-state index in [0.29, 0.717) is 44.0 Å². The lowest BCUT2D eigenvalue weighted by molar-refractivity contribution is -0.129. The molecule has 2 bridgehead atoms. The standard InChI is InChI=1S/C27H34N6O5/c1-18(2)14-22-26(35)29-9-12-32-11-8-28-25(32)20-6-4-7-21(15-20)37-13-5-10-33(16-23(34)31-22)27(36)24-19(3)38-17-30-24/h4,6-8,11,15,17-18,22H,5,9-10,12-14,16H2,1-3H3,(H,29,35)(H,31,34)/t22-/m1/s1. The third kappa shape index (κ3) is 6.78. The highest BCUT2D eigenvalue weighted by Gasteiger charge is 2.26. The molecule has 3 aromatic rings. The van der Waals surface area contributed by atoms with Gasteiger partial charge in [0.1, 0.15) is 23.4 Å². The first-order valence-corrected chi connectivity index (χ1v) is 12.8. The van der Waals surface area contributed by atoms with Crippen molar-refractivity contribution in [2.24, 2.45) is 5.92 Å². The van der Waals surface area contributed by atoms with E-state index in [1.807, 2.05) is 48.9 Å². The van der Waals surface area contributed by atoms with Crippen molar-refractivity contribution in [2.75, 3.05) is 26.2 Å². The molecule has 1 aliphatic rings. The average Bonchev–Trinajstić information content (AvgIpc) is 3.53. The zero-order chi connectivity index (χ0) is 27.1. The molecule has 11 heteroatoms. The van der Waals surface area contributed by atoms with Crippen LogP contribution in [0.2, 0.25) is 0 Å². The van der Waals surface area contributed by atoms with Crippen LogP contribution in [0.5, 0.6) is 5.75 Å². The van der Waals surface area contributed by atoms with E-state index in [2.05, 4.69) is 20.6 Å². The summed E-state index contributed by atoms with van der Waals surface area (Å²) in [5.41, 5.74) is 1.05. The Bertz CT molecular complexity index is 1270. The van der Waals surface area contributed by atoms with E-state index in [-0.39, 0.29) is 30.6 Å². The van der Waals surface area contributed by atoms with Gasteiger partial charge in [0.2, 0.25) is 11.8 Å². The van der Waals surface area contributed by atoms with E-state index in [0.717, 1.165) is 11.4 Å². The van der Waals surface area contributed by atoms with Crippen LogP contribution in [0.15, 0.2) is 47.5 Å². The summed E-state index contributed by atoms with van der Waals surface area (Å²) in [7, 11) is 0. The maximum atomic E-state index is 13.2. The van der Waals surface area contributed by atoms with Gasteiger partial charge in [0.05, 0.1) is 13.2 Å². The zero-order valence-electron chi connectivity index (χ0n) is 22.0. The molecule has 38 heavy (non-hydrogen) atoms. The number of nitrogens with zero attached hydrogens (tertiary/aromatic N) is 4. The first-order valence-electron chi connectivity index (χ1n) is 12.8. The quantitative estimate of drug-likeness (QED) is 0.540. The lowest BCUT2D eigenvalue weighted by atomic mass is 10.0. The van der Waals surface area contributed by atoms with Crippen LogP contribution in [0.25, 0.3) is 11.4 Å². The minimum atomic E-state index is -0.727. The van der Waals surface area contributed by atoms with Gasteiger partial charge in [-0.1, -0.05) is 26.0 Å². The molecular weight excluding hydrogens is 488 g/mol. The minimum Gasteiger partial charge on any atom is -0.494 e. The van der Waals surface area contributed by atoms with Crippen LogP contribution >= 0.6 is 0 Å². The molecule has 0 saturated carbocycles. The molecular formula is C27H34N6O5. The van der Waals surface area contributed by atoms with Gasteiger partial charge in [0, 0.05) is 37.6 Å². The second kappa shape index (κ2) is 12.4. The van der Waals surface area contributed by atoms with Crippen LogP contribution < -0.4 is 15.4 Å². The lowest BCUT2D eigenvalue weighted by Gasteiger charge is -2.25. The largest absolute Gasteiger partial charge is 0.494 e. The SMILES string of the molecule is Cc1ocnc1C(=O)N1CCCOc2cccc(c2)-c2nccn2CCNC(=O)[C@@H](CC(C)C)NC(=O)C1. The minimum absolute atomic E-state index is 0.153. The van der Waals surface area contributed by atoms with Crippen molar-refractivity contribution in [1.29, 1.82) is 0 Å². The highest BCUT2D eigenvalue weighted by molar-refractivity contribution is 5.96. The molecule has 11 nitrogen and oxygen atoms in total. The van der Waals surface area contributed by atoms with Crippen molar-refractivity contribution < 1.29 is 23.5 Å². The first kappa shape index (κ1) is 26.9. The van der Waals surface area contributed by atoms with E-state index in [1.54, 1.807) is 13.1 Å². The molecule has 1 aromatic carbocycles. The van der Waals surface area contributed by atoms with Crippen molar-refractivity contribution >= 4 is 17.7 Å². The van der Waals surface area contributed by atoms with Gasteiger partial charge in [-0.05, 0) is 37.8 Å². The molecule has 1 aliphatic heterocycles. The number of ether oxygens (including phenoxy) is 1. The van der Waals surface area contributed by atoms with Crippen molar-refractivity contribution in [3.8, 4) is 17.1 Å². The van der Waals surface area contributed by atoms with E-state index in [1.165, 1.54) is 11.3 Å². The smallest absolute Gasteiger partial charge is 0.276 e. The zero-order valence-corrected chi connectivity index (χ0v) is 22.0. The van der Waals surface area contributed by atoms with E-state index < -0.39 is 17.9 Å². The van der Waals surface area contributed by atoms with Crippen LogP contribution in [0, 0.1) is 12.8 Å². The molecule has 2 N–H and O–H groups in total. The fourth-order valence-electron chi connectivity index (χ4n) is 4.37. The number of carbonyl (C=O) groups is 3. The fourth-order valence-corrected chi connectivity index (χ4v) is 4.37. The van der Waals surface area contributed by atoms with E-state index in [9.17, 15) is 14.4 Å². The Morgan fingerprint density at radius 3 is 2.82 bits per heavy atom. The van der Waals surface area contributed by atoms with Gasteiger partial charge in [-0.2, -0.15) is 0 Å². The molecule has 202 valence electrons. The topological polar surface area (TPSA) is 132 Å². The van der Waals surface area contributed by atoms with Crippen LogP contribution in [-0.4, -0.2) is 69.4 Å². The number of rotatable bonds is 3. The number of aryl methyl sites for hydroxylation is 1. The third-order valence-electron chi connectivity index (χ3n) is 6.23. The summed E-state index contributed by atoms with van der Waals surface area (Å²) >= 11 is 0. The lowest BCUT2D eigenvalue weighted by Crippen LogP contribution is -2.51. The summed E-state index contributed by atoms with van der Waals surface area (Å²) in [4.78, 5) is 49.2. The van der Waals surface area contributed by atoms with Gasteiger partial charge < -0.3 is 29.3 Å². The summed E-state index contributed by atoms with van der Waals surface area (Å²) in [5, 5.41) is 5.76. The molecule has 0 radical (unpaired) electrons. The summed E-state index contributed by atoms with van der Waals surface area (Å²) in [5.74, 6) is 0.868. The van der Waals surface area contributed by atoms with E-state index >= 15 is 0 Å². The molecule has 3 amide bonds. The number of hydrogen-bond acceptors (Lipinski definition) is 7. The molecule has 0 saturated heterocycles. The maximum absolute atomic E-state index is 13.2. The van der Waals surface area contributed by atoms with Crippen molar-refractivity contribution in [3.05, 3.63) is 54.5 Å². The van der Waals surface area contributed by atoms with Gasteiger partial charge in [-0.3, -0.25) is 14.4 Å². The predicted octanol–water partition coefficient (Wildman–Crippen LogP) is 2.42. The van der Waals surface area contributed by atoms with Crippen LogP contribution in [0.4, 0.5) is 0 Å². The third-order valence-corrected chi connectivity index (χ3v) is 6.23. The van der Waals surface area contributed by atoms with E-state index in [4.69, 9.17) is 9.15 Å². The molecule has 0 unspecified atom stereocenters. The summed E-state index contributed by atoms with van der Waals surface area (Å²) in [6, 6.07) is 6.90. The van der Waals surface area contributed by atoms with Gasteiger partial charge in [0.15, 0.2) is 12.1 Å². The van der Waals surface area contributed by atoms with Crippen molar-refractivity contribution in [2.45, 2.75) is 46.2 Å². The highest BCUT2D eigenvalue weighted by atomic mass is 16.5. The Morgan fingerprint density at radius 2 is 2.05 bits per heavy atom. The number of oxazole rings is 1. The molecule has 3 heterocycles. The molecule has 0 aliphatic carbocycles. The Balaban J connectivity index is 1.59. The number of aromatic nitrogens is 3. The number of hydrogen-bond donors (Lipinski definition) is 2. The van der Waals surface area contributed by atoms with Crippen molar-refractivity contribution in [1.82, 2.24) is 30.1 Å². The monoisotopic (exact) mass is 522 g/mol. The number of benzene rings is 1. The van der Waals surface area contributed by atoms with Gasteiger partial charge in [-0.25, -0.2) is 9.97 Å². The van der Waals surface area contributed by atoms with Crippen LogP contribution in [0.3, 0.4) is 0 Å². The summed E-state index contributed by atoms with van der Waals surface area (Å²) in [6.45, 7) is 6.85. The number of imidazole rings is 1. The van der Waals surface area contributed by atoms with Crippen LogP contribution in [0.1, 0.15) is 42.9 Å².